The maximum absolute atomic E-state index is 12.1. The Morgan fingerprint density at radius 2 is 1.94 bits per heavy atom. The zero-order valence-electron chi connectivity index (χ0n) is 10.5. The number of fused-ring (bicyclic) bond motifs is 1. The average Bonchev–Trinajstić information content (AvgIpc) is 2.74. The van der Waals surface area contributed by atoms with Gasteiger partial charge in [-0.2, -0.15) is 0 Å². The Bertz CT molecular complexity index is 506. The Kier molecular flexibility index (Phi) is 3.23. The molecule has 1 aliphatic carbocycles. The van der Waals surface area contributed by atoms with Crippen LogP contribution in [0.2, 0.25) is 0 Å². The molecule has 1 unspecified atom stereocenters. The van der Waals surface area contributed by atoms with E-state index in [1.54, 1.807) is 12.1 Å². The number of ketones is 1. The van der Waals surface area contributed by atoms with Gasteiger partial charge in [0.05, 0.1) is 21.3 Å². The zero-order valence-corrected chi connectivity index (χ0v) is 10.5. The molecule has 0 radical (unpaired) electrons. The number of ether oxygens (including phenoxy) is 3. The van der Waals surface area contributed by atoms with Gasteiger partial charge in [-0.15, -0.1) is 0 Å². The SMILES string of the molecule is COC(=O)C1Cc2c(OC)cc(OC)cc2C1=O. The quantitative estimate of drug-likeness (QED) is 0.596. The predicted octanol–water partition coefficient (Wildman–Crippen LogP) is 1.23. The fourth-order valence-corrected chi connectivity index (χ4v) is 2.17. The first-order valence-electron chi connectivity index (χ1n) is 5.49. The number of carbonyl (C=O) groups is 2. The van der Waals surface area contributed by atoms with Gasteiger partial charge >= 0.3 is 5.97 Å². The van der Waals surface area contributed by atoms with E-state index in [0.29, 0.717) is 23.5 Å². The van der Waals surface area contributed by atoms with E-state index in [2.05, 4.69) is 4.74 Å². The number of hydrogen-bond donors (Lipinski definition) is 0. The van der Waals surface area contributed by atoms with Crippen LogP contribution in [0.1, 0.15) is 15.9 Å². The lowest BCUT2D eigenvalue weighted by Crippen LogP contribution is -2.21. The number of esters is 1. The molecule has 1 aromatic carbocycles. The van der Waals surface area contributed by atoms with E-state index in [4.69, 9.17) is 9.47 Å². The first kappa shape index (κ1) is 12.4. The molecule has 18 heavy (non-hydrogen) atoms. The molecular weight excluding hydrogens is 236 g/mol. The number of carbonyl (C=O) groups excluding carboxylic acids is 2. The van der Waals surface area contributed by atoms with Crippen molar-refractivity contribution in [3.05, 3.63) is 23.3 Å². The minimum atomic E-state index is -0.772. The maximum Gasteiger partial charge on any atom is 0.316 e. The van der Waals surface area contributed by atoms with Crippen LogP contribution in [-0.2, 0) is 16.0 Å². The van der Waals surface area contributed by atoms with Gasteiger partial charge in [0.1, 0.15) is 17.4 Å². The van der Waals surface area contributed by atoms with Crippen molar-refractivity contribution < 1.29 is 23.8 Å². The zero-order chi connectivity index (χ0) is 13.3. The van der Waals surface area contributed by atoms with E-state index in [-0.39, 0.29) is 5.78 Å². The molecular formula is C13H14O5. The average molecular weight is 250 g/mol. The summed E-state index contributed by atoms with van der Waals surface area (Å²) < 4.78 is 15.0. The number of hydrogen-bond acceptors (Lipinski definition) is 5. The molecule has 0 fully saturated rings. The highest BCUT2D eigenvalue weighted by Gasteiger charge is 2.38. The lowest BCUT2D eigenvalue weighted by molar-refractivity contribution is -0.143. The summed E-state index contributed by atoms with van der Waals surface area (Å²) in [6.45, 7) is 0. The third kappa shape index (κ3) is 1.81. The summed E-state index contributed by atoms with van der Waals surface area (Å²) in [7, 11) is 4.31. The summed E-state index contributed by atoms with van der Waals surface area (Å²) >= 11 is 0. The number of methoxy groups -OCH3 is 3. The van der Waals surface area contributed by atoms with Crippen molar-refractivity contribution in [2.24, 2.45) is 5.92 Å². The molecule has 0 heterocycles. The molecule has 0 saturated heterocycles. The molecule has 0 N–H and O–H groups in total. The van der Waals surface area contributed by atoms with Gasteiger partial charge in [0, 0.05) is 17.2 Å². The van der Waals surface area contributed by atoms with E-state index in [9.17, 15) is 9.59 Å². The molecule has 96 valence electrons. The van der Waals surface area contributed by atoms with E-state index in [1.807, 2.05) is 0 Å². The third-order valence-electron chi connectivity index (χ3n) is 3.11. The summed E-state index contributed by atoms with van der Waals surface area (Å²) in [6, 6.07) is 3.33. The smallest absolute Gasteiger partial charge is 0.316 e. The second kappa shape index (κ2) is 4.68. The molecule has 0 amide bonds. The van der Waals surface area contributed by atoms with Gasteiger partial charge in [-0.3, -0.25) is 9.59 Å². The Morgan fingerprint density at radius 3 is 2.50 bits per heavy atom. The molecule has 1 atom stereocenters. The largest absolute Gasteiger partial charge is 0.497 e. The van der Waals surface area contributed by atoms with Gasteiger partial charge in [-0.05, 0) is 12.5 Å². The Hall–Kier alpha value is -2.04. The van der Waals surface area contributed by atoms with Crippen LogP contribution in [0.15, 0.2) is 12.1 Å². The molecule has 0 aliphatic heterocycles. The van der Waals surface area contributed by atoms with Crippen molar-refractivity contribution >= 4 is 11.8 Å². The number of rotatable bonds is 3. The van der Waals surface area contributed by atoms with Crippen molar-refractivity contribution in [1.82, 2.24) is 0 Å². The maximum atomic E-state index is 12.1. The summed E-state index contributed by atoms with van der Waals surface area (Å²) in [5.74, 6) is -0.439. The van der Waals surface area contributed by atoms with Crippen LogP contribution < -0.4 is 9.47 Å². The van der Waals surface area contributed by atoms with E-state index < -0.39 is 11.9 Å². The first-order valence-corrected chi connectivity index (χ1v) is 5.49. The monoisotopic (exact) mass is 250 g/mol. The first-order chi connectivity index (χ1) is 8.62. The van der Waals surface area contributed by atoms with Crippen LogP contribution in [0.4, 0.5) is 0 Å². The van der Waals surface area contributed by atoms with Gasteiger partial charge in [0.25, 0.3) is 0 Å². The summed E-state index contributed by atoms with van der Waals surface area (Å²) in [5.41, 5.74) is 1.21. The van der Waals surface area contributed by atoms with Crippen molar-refractivity contribution in [1.29, 1.82) is 0 Å². The van der Waals surface area contributed by atoms with Crippen molar-refractivity contribution in [2.75, 3.05) is 21.3 Å². The van der Waals surface area contributed by atoms with Crippen LogP contribution in [-0.4, -0.2) is 33.1 Å². The van der Waals surface area contributed by atoms with Gasteiger partial charge < -0.3 is 14.2 Å². The summed E-state index contributed by atoms with van der Waals surface area (Å²) in [5, 5.41) is 0. The van der Waals surface area contributed by atoms with Gasteiger partial charge in [-0.25, -0.2) is 0 Å². The molecule has 0 saturated carbocycles. The standard InChI is InChI=1S/C13H14O5/c1-16-7-4-9-8(11(5-7)17-2)6-10(12(9)14)13(15)18-3/h4-5,10H,6H2,1-3H3. The third-order valence-corrected chi connectivity index (χ3v) is 3.11. The predicted molar refractivity (Wildman–Crippen MR) is 63.1 cm³/mol. The van der Waals surface area contributed by atoms with Gasteiger partial charge in [0.2, 0.25) is 0 Å². The molecule has 0 aromatic heterocycles. The van der Waals surface area contributed by atoms with Gasteiger partial charge in [0.15, 0.2) is 5.78 Å². The highest BCUT2D eigenvalue weighted by molar-refractivity contribution is 6.12. The Balaban J connectivity index is 2.47. The summed E-state index contributed by atoms with van der Waals surface area (Å²) in [4.78, 5) is 23.7. The summed E-state index contributed by atoms with van der Waals surface area (Å²) in [6.07, 6.45) is 0.313. The Labute approximate surface area is 105 Å². The van der Waals surface area contributed by atoms with Crippen LogP contribution in [0.25, 0.3) is 0 Å². The van der Waals surface area contributed by atoms with Crippen molar-refractivity contribution in [3.63, 3.8) is 0 Å². The molecule has 5 heteroatoms. The second-order valence-electron chi connectivity index (χ2n) is 4.00. The molecule has 1 aromatic rings. The van der Waals surface area contributed by atoms with Crippen molar-refractivity contribution in [2.45, 2.75) is 6.42 Å². The van der Waals surface area contributed by atoms with Crippen LogP contribution in [0, 0.1) is 5.92 Å². The molecule has 0 bridgehead atoms. The minimum absolute atomic E-state index is 0.242. The van der Waals surface area contributed by atoms with Crippen LogP contribution in [0.5, 0.6) is 11.5 Å². The number of Topliss-reactive ketones (excluding diaryl/α,β-unsaturated/α-hetero) is 1. The minimum Gasteiger partial charge on any atom is -0.497 e. The highest BCUT2D eigenvalue weighted by atomic mass is 16.5. The van der Waals surface area contributed by atoms with Gasteiger partial charge in [-0.1, -0.05) is 0 Å². The highest BCUT2D eigenvalue weighted by Crippen LogP contribution is 2.37. The van der Waals surface area contributed by atoms with E-state index in [1.165, 1.54) is 21.3 Å². The normalized spacial score (nSPS) is 17.3. The van der Waals surface area contributed by atoms with E-state index >= 15 is 0 Å². The Morgan fingerprint density at radius 1 is 1.22 bits per heavy atom. The lowest BCUT2D eigenvalue weighted by atomic mass is 10.1. The molecule has 5 nitrogen and oxygen atoms in total. The van der Waals surface area contributed by atoms with E-state index in [0.717, 1.165) is 5.56 Å². The molecule has 0 spiro atoms. The molecule has 2 rings (SSSR count). The molecule has 1 aliphatic rings. The van der Waals surface area contributed by atoms with Crippen molar-refractivity contribution in [3.8, 4) is 11.5 Å². The lowest BCUT2D eigenvalue weighted by Gasteiger charge is -2.08. The fourth-order valence-electron chi connectivity index (χ4n) is 2.17. The van der Waals surface area contributed by atoms with Crippen LogP contribution in [0.3, 0.4) is 0 Å². The fraction of sp³-hybridized carbons (Fsp3) is 0.385. The van der Waals surface area contributed by atoms with Crippen LogP contribution >= 0.6 is 0 Å². The second-order valence-corrected chi connectivity index (χ2v) is 4.00. The topological polar surface area (TPSA) is 61.8 Å². The number of benzene rings is 1.